The van der Waals surface area contributed by atoms with E-state index in [-0.39, 0.29) is 12.3 Å². The van der Waals surface area contributed by atoms with Gasteiger partial charge in [0.05, 0.1) is 5.52 Å². The molecular weight excluding hydrogens is 280 g/mol. The maximum atomic E-state index is 12.0. The number of nitrogens with zero attached hydrogens (tertiary/aromatic N) is 1. The van der Waals surface area contributed by atoms with Gasteiger partial charge in [0.2, 0.25) is 0 Å². The number of carbonyl (C=O) groups excluding carboxylic acids is 1. The minimum atomic E-state index is -0.754. The lowest BCUT2D eigenvalue weighted by Crippen LogP contribution is -2.25. The first-order chi connectivity index (χ1) is 10.7. The fourth-order valence-electron chi connectivity index (χ4n) is 2.24. The second-order valence-corrected chi connectivity index (χ2v) is 5.20. The number of benzene rings is 1. The van der Waals surface area contributed by atoms with Gasteiger partial charge in [0.15, 0.2) is 0 Å². The molecule has 2 rings (SSSR count). The zero-order chi connectivity index (χ0) is 15.8. The summed E-state index contributed by atoms with van der Waals surface area (Å²) in [6, 6.07) is 11.3. The average Bonchev–Trinajstić information content (AvgIpc) is 2.53. The summed E-state index contributed by atoms with van der Waals surface area (Å²) in [4.78, 5) is 26.7. The molecule has 1 aromatic carbocycles. The highest BCUT2D eigenvalue weighted by Gasteiger charge is 2.07. The van der Waals surface area contributed by atoms with E-state index in [1.54, 1.807) is 6.07 Å². The SMILES string of the molecule is O=C(O)CCCCCCNC(=O)c1ccc2ccccc2n1. The Morgan fingerprint density at radius 3 is 2.59 bits per heavy atom. The summed E-state index contributed by atoms with van der Waals surface area (Å²) in [5.41, 5.74) is 1.23. The number of aliphatic carboxylic acids is 1. The van der Waals surface area contributed by atoms with Gasteiger partial charge in [0, 0.05) is 18.4 Å². The molecule has 2 N–H and O–H groups in total. The number of rotatable bonds is 8. The van der Waals surface area contributed by atoms with Crippen LogP contribution in [-0.2, 0) is 4.79 Å². The topological polar surface area (TPSA) is 79.3 Å². The summed E-state index contributed by atoms with van der Waals surface area (Å²) in [6.07, 6.45) is 3.54. The molecule has 0 atom stereocenters. The predicted molar refractivity (Wildman–Crippen MR) is 84.8 cm³/mol. The maximum Gasteiger partial charge on any atom is 0.303 e. The Hall–Kier alpha value is -2.43. The van der Waals surface area contributed by atoms with Gasteiger partial charge in [-0.2, -0.15) is 0 Å². The Labute approximate surface area is 129 Å². The number of carboxylic acid groups (broad SMARTS) is 1. The summed E-state index contributed by atoms with van der Waals surface area (Å²) in [5, 5.41) is 12.4. The number of hydrogen-bond donors (Lipinski definition) is 2. The van der Waals surface area contributed by atoms with Crippen molar-refractivity contribution in [1.82, 2.24) is 10.3 Å². The molecule has 0 unspecified atom stereocenters. The number of fused-ring (bicyclic) bond motifs is 1. The van der Waals surface area contributed by atoms with Crippen molar-refractivity contribution >= 4 is 22.8 Å². The van der Waals surface area contributed by atoms with E-state index in [4.69, 9.17) is 5.11 Å². The Morgan fingerprint density at radius 2 is 1.77 bits per heavy atom. The third kappa shape index (κ3) is 4.84. The van der Waals surface area contributed by atoms with Crippen LogP contribution in [0, 0.1) is 0 Å². The number of amides is 1. The first-order valence-corrected chi connectivity index (χ1v) is 7.52. The van der Waals surface area contributed by atoms with Crippen molar-refractivity contribution in [1.29, 1.82) is 0 Å². The lowest BCUT2D eigenvalue weighted by Gasteiger charge is -2.05. The number of hydrogen-bond acceptors (Lipinski definition) is 3. The van der Waals surface area contributed by atoms with Crippen LogP contribution in [0.5, 0.6) is 0 Å². The van der Waals surface area contributed by atoms with E-state index in [2.05, 4.69) is 10.3 Å². The van der Waals surface area contributed by atoms with E-state index in [1.165, 1.54) is 0 Å². The summed E-state index contributed by atoms with van der Waals surface area (Å²) in [6.45, 7) is 0.584. The summed E-state index contributed by atoms with van der Waals surface area (Å²) >= 11 is 0. The number of para-hydroxylation sites is 1. The molecule has 0 aliphatic carbocycles. The van der Waals surface area contributed by atoms with Crippen LogP contribution in [0.25, 0.3) is 10.9 Å². The molecule has 0 aliphatic rings. The Bertz CT molecular complexity index is 655. The van der Waals surface area contributed by atoms with Gasteiger partial charge in [-0.3, -0.25) is 9.59 Å². The van der Waals surface area contributed by atoms with E-state index in [9.17, 15) is 9.59 Å². The number of carboxylic acids is 1. The van der Waals surface area contributed by atoms with Crippen LogP contribution in [0.3, 0.4) is 0 Å². The molecule has 0 spiro atoms. The van der Waals surface area contributed by atoms with Crippen LogP contribution in [0.1, 0.15) is 42.6 Å². The van der Waals surface area contributed by atoms with Crippen LogP contribution < -0.4 is 5.32 Å². The van der Waals surface area contributed by atoms with Crippen LogP contribution >= 0.6 is 0 Å². The first-order valence-electron chi connectivity index (χ1n) is 7.52. The minimum Gasteiger partial charge on any atom is -0.481 e. The van der Waals surface area contributed by atoms with Gasteiger partial charge >= 0.3 is 5.97 Å². The molecule has 2 aromatic rings. The van der Waals surface area contributed by atoms with E-state index in [0.717, 1.165) is 30.2 Å². The first kappa shape index (κ1) is 15.9. The van der Waals surface area contributed by atoms with Gasteiger partial charge < -0.3 is 10.4 Å². The zero-order valence-corrected chi connectivity index (χ0v) is 12.4. The van der Waals surface area contributed by atoms with Crippen molar-refractivity contribution in [2.45, 2.75) is 32.1 Å². The summed E-state index contributed by atoms with van der Waals surface area (Å²) < 4.78 is 0. The fourth-order valence-corrected chi connectivity index (χ4v) is 2.24. The van der Waals surface area contributed by atoms with Crippen molar-refractivity contribution in [3.63, 3.8) is 0 Å². The van der Waals surface area contributed by atoms with Gasteiger partial charge in [-0.25, -0.2) is 4.98 Å². The monoisotopic (exact) mass is 300 g/mol. The van der Waals surface area contributed by atoms with Crippen LogP contribution in [0.15, 0.2) is 36.4 Å². The Morgan fingerprint density at radius 1 is 1.00 bits per heavy atom. The maximum absolute atomic E-state index is 12.0. The minimum absolute atomic E-state index is 0.170. The predicted octanol–water partition coefficient (Wildman–Crippen LogP) is 3.00. The standard InChI is InChI=1S/C17H20N2O3/c20-16(21)9-3-1-2-6-12-18-17(22)15-11-10-13-7-4-5-8-14(13)19-15/h4-5,7-8,10-11H,1-3,6,9,12H2,(H,18,22)(H,20,21). The normalized spacial score (nSPS) is 10.5. The molecule has 1 amide bonds. The number of carbonyl (C=O) groups is 2. The lowest BCUT2D eigenvalue weighted by molar-refractivity contribution is -0.137. The largest absolute Gasteiger partial charge is 0.481 e. The summed E-state index contributed by atoms with van der Waals surface area (Å²) in [5.74, 6) is -0.924. The van der Waals surface area contributed by atoms with Crippen LogP contribution in [-0.4, -0.2) is 28.5 Å². The van der Waals surface area contributed by atoms with E-state index < -0.39 is 5.97 Å². The highest BCUT2D eigenvalue weighted by atomic mass is 16.4. The third-order valence-electron chi connectivity index (χ3n) is 3.43. The smallest absolute Gasteiger partial charge is 0.303 e. The van der Waals surface area contributed by atoms with Gasteiger partial charge in [0.1, 0.15) is 5.69 Å². The molecule has 0 aliphatic heterocycles. The van der Waals surface area contributed by atoms with Gasteiger partial charge in [0.25, 0.3) is 5.91 Å². The molecule has 0 radical (unpaired) electrons. The number of unbranched alkanes of at least 4 members (excludes halogenated alkanes) is 3. The van der Waals surface area contributed by atoms with Crippen molar-refractivity contribution in [2.75, 3.05) is 6.54 Å². The second-order valence-electron chi connectivity index (χ2n) is 5.20. The van der Waals surface area contributed by atoms with Gasteiger partial charge in [-0.05, 0) is 25.0 Å². The second kappa shape index (κ2) is 8.12. The van der Waals surface area contributed by atoms with E-state index >= 15 is 0 Å². The van der Waals surface area contributed by atoms with Crippen molar-refractivity contribution in [3.8, 4) is 0 Å². The summed E-state index contributed by atoms with van der Waals surface area (Å²) in [7, 11) is 0. The molecule has 0 saturated carbocycles. The number of pyridine rings is 1. The fraction of sp³-hybridized carbons (Fsp3) is 0.353. The highest BCUT2D eigenvalue weighted by molar-refractivity contribution is 5.94. The average molecular weight is 300 g/mol. The third-order valence-corrected chi connectivity index (χ3v) is 3.43. The van der Waals surface area contributed by atoms with E-state index in [1.807, 2.05) is 30.3 Å². The lowest BCUT2D eigenvalue weighted by atomic mass is 10.1. The zero-order valence-electron chi connectivity index (χ0n) is 12.4. The molecule has 0 bridgehead atoms. The Kier molecular flexibility index (Phi) is 5.89. The van der Waals surface area contributed by atoms with Crippen molar-refractivity contribution < 1.29 is 14.7 Å². The van der Waals surface area contributed by atoms with Gasteiger partial charge in [-0.1, -0.05) is 37.1 Å². The molecule has 1 heterocycles. The molecule has 116 valence electrons. The molecule has 5 heteroatoms. The Balaban J connectivity index is 1.73. The van der Waals surface area contributed by atoms with Crippen molar-refractivity contribution in [2.24, 2.45) is 0 Å². The molecule has 1 aromatic heterocycles. The highest BCUT2D eigenvalue weighted by Crippen LogP contribution is 2.11. The van der Waals surface area contributed by atoms with E-state index in [0.29, 0.717) is 18.7 Å². The molecule has 0 fully saturated rings. The number of aromatic nitrogens is 1. The van der Waals surface area contributed by atoms with Crippen LogP contribution in [0.4, 0.5) is 0 Å². The number of nitrogens with one attached hydrogen (secondary N) is 1. The molecule has 22 heavy (non-hydrogen) atoms. The van der Waals surface area contributed by atoms with Gasteiger partial charge in [-0.15, -0.1) is 0 Å². The quantitative estimate of drug-likeness (QED) is 0.734. The van der Waals surface area contributed by atoms with Crippen molar-refractivity contribution in [3.05, 3.63) is 42.1 Å². The molecule has 5 nitrogen and oxygen atoms in total. The molecule has 0 saturated heterocycles. The molecular formula is C17H20N2O3. The van der Waals surface area contributed by atoms with Crippen LogP contribution in [0.2, 0.25) is 0 Å².